The smallest absolute Gasteiger partial charge is 0.171 e. The summed E-state index contributed by atoms with van der Waals surface area (Å²) in [6.07, 6.45) is 0. The number of thiocarbonyl (C=S) groups is 1. The maximum Gasteiger partial charge on any atom is 0.171 e. The van der Waals surface area contributed by atoms with Gasteiger partial charge in [-0.1, -0.05) is 66.2 Å². The van der Waals surface area contributed by atoms with Crippen LogP contribution in [0.5, 0.6) is 0 Å². The molecule has 0 fully saturated rings. The van der Waals surface area contributed by atoms with Gasteiger partial charge in [-0.15, -0.1) is 0 Å². The molecule has 26 heavy (non-hydrogen) atoms. The molecule has 2 N–H and O–H groups in total. The summed E-state index contributed by atoms with van der Waals surface area (Å²) in [6, 6.07) is 24.2. The SMILES string of the molecule is Cc1ccccc1C(NC(=S)Nc1ccc(Br)c(Cl)c1)c1ccccc1. The van der Waals surface area contributed by atoms with E-state index >= 15 is 0 Å². The molecule has 0 bridgehead atoms. The Morgan fingerprint density at radius 1 is 1.00 bits per heavy atom. The molecule has 0 heterocycles. The molecule has 1 unspecified atom stereocenters. The Morgan fingerprint density at radius 3 is 2.38 bits per heavy atom. The van der Waals surface area contributed by atoms with E-state index in [4.69, 9.17) is 23.8 Å². The van der Waals surface area contributed by atoms with E-state index in [2.05, 4.69) is 57.8 Å². The predicted molar refractivity (Wildman–Crippen MR) is 118 cm³/mol. The Bertz CT molecular complexity index is 915. The lowest BCUT2D eigenvalue weighted by Gasteiger charge is -2.23. The number of nitrogens with one attached hydrogen (secondary N) is 2. The zero-order valence-corrected chi connectivity index (χ0v) is 17.3. The summed E-state index contributed by atoms with van der Waals surface area (Å²) < 4.78 is 0.852. The van der Waals surface area contributed by atoms with Crippen LogP contribution in [0.25, 0.3) is 0 Å². The van der Waals surface area contributed by atoms with Gasteiger partial charge in [0.15, 0.2) is 5.11 Å². The Kier molecular flexibility index (Phi) is 6.30. The highest BCUT2D eigenvalue weighted by atomic mass is 79.9. The molecule has 2 nitrogen and oxygen atoms in total. The first-order valence-corrected chi connectivity index (χ1v) is 9.75. The summed E-state index contributed by atoms with van der Waals surface area (Å²) in [7, 11) is 0. The molecule has 5 heteroatoms. The molecule has 3 aromatic carbocycles. The van der Waals surface area contributed by atoms with Gasteiger partial charge in [-0.2, -0.15) is 0 Å². The van der Waals surface area contributed by atoms with E-state index < -0.39 is 0 Å². The van der Waals surface area contributed by atoms with Gasteiger partial charge in [-0.05, 0) is 70.0 Å². The summed E-state index contributed by atoms with van der Waals surface area (Å²) in [5.74, 6) is 0. The average molecular weight is 446 g/mol. The van der Waals surface area contributed by atoms with E-state index in [1.165, 1.54) is 11.1 Å². The van der Waals surface area contributed by atoms with Crippen LogP contribution in [0, 0.1) is 6.92 Å². The van der Waals surface area contributed by atoms with Gasteiger partial charge in [-0.25, -0.2) is 0 Å². The molecule has 0 aliphatic carbocycles. The van der Waals surface area contributed by atoms with Crippen molar-refractivity contribution < 1.29 is 0 Å². The monoisotopic (exact) mass is 444 g/mol. The zero-order valence-electron chi connectivity index (χ0n) is 14.2. The Labute approximate surface area is 172 Å². The summed E-state index contributed by atoms with van der Waals surface area (Å²) in [6.45, 7) is 2.11. The van der Waals surface area contributed by atoms with Gasteiger partial charge in [0.05, 0.1) is 11.1 Å². The minimum atomic E-state index is -0.0386. The lowest BCUT2D eigenvalue weighted by molar-refractivity contribution is 0.762. The summed E-state index contributed by atoms with van der Waals surface area (Å²) in [5.41, 5.74) is 4.40. The highest BCUT2D eigenvalue weighted by Gasteiger charge is 2.17. The lowest BCUT2D eigenvalue weighted by atomic mass is 9.95. The topological polar surface area (TPSA) is 24.1 Å². The average Bonchev–Trinajstić information content (AvgIpc) is 2.64. The summed E-state index contributed by atoms with van der Waals surface area (Å²) >= 11 is 15.1. The van der Waals surface area contributed by atoms with Gasteiger partial charge in [0.25, 0.3) is 0 Å². The Balaban J connectivity index is 1.85. The fraction of sp³-hybridized carbons (Fsp3) is 0.0952. The van der Waals surface area contributed by atoms with Crippen molar-refractivity contribution in [3.05, 3.63) is 99.0 Å². The molecule has 0 aliphatic rings. The fourth-order valence-electron chi connectivity index (χ4n) is 2.77. The number of halogens is 2. The standard InChI is InChI=1S/C21H18BrClN2S/c1-14-7-5-6-10-17(14)20(15-8-3-2-4-9-15)25-21(26)24-16-11-12-18(22)19(23)13-16/h2-13,20H,1H3,(H2,24,25,26). The molecule has 0 spiro atoms. The van der Waals surface area contributed by atoms with Crippen molar-refractivity contribution in [2.24, 2.45) is 0 Å². The third kappa shape index (κ3) is 4.64. The molecule has 0 aromatic heterocycles. The summed E-state index contributed by atoms with van der Waals surface area (Å²) in [4.78, 5) is 0. The van der Waals surface area contributed by atoms with Crippen molar-refractivity contribution in [3.63, 3.8) is 0 Å². The van der Waals surface area contributed by atoms with Crippen molar-refractivity contribution in [1.82, 2.24) is 5.32 Å². The fourth-order valence-corrected chi connectivity index (χ4v) is 3.43. The molecule has 0 radical (unpaired) electrons. The van der Waals surface area contributed by atoms with Crippen LogP contribution in [-0.2, 0) is 0 Å². The molecule has 0 saturated carbocycles. The van der Waals surface area contributed by atoms with Gasteiger partial charge in [0, 0.05) is 10.2 Å². The molecular weight excluding hydrogens is 428 g/mol. The third-order valence-electron chi connectivity index (χ3n) is 4.09. The van der Waals surface area contributed by atoms with Gasteiger partial charge < -0.3 is 10.6 Å². The molecule has 0 aliphatic heterocycles. The number of anilines is 1. The van der Waals surface area contributed by atoms with Crippen LogP contribution >= 0.6 is 39.7 Å². The third-order valence-corrected chi connectivity index (χ3v) is 5.54. The molecular formula is C21H18BrClN2S. The van der Waals surface area contributed by atoms with E-state index in [1.807, 2.05) is 48.5 Å². The molecule has 0 saturated heterocycles. The summed E-state index contributed by atoms with van der Waals surface area (Å²) in [5, 5.41) is 7.83. The normalized spacial score (nSPS) is 11.7. The van der Waals surface area contributed by atoms with Crippen molar-refractivity contribution in [1.29, 1.82) is 0 Å². The molecule has 132 valence electrons. The number of benzene rings is 3. The van der Waals surface area contributed by atoms with E-state index in [0.717, 1.165) is 15.7 Å². The number of aryl methyl sites for hydroxylation is 1. The van der Waals surface area contributed by atoms with Crippen LogP contribution in [-0.4, -0.2) is 5.11 Å². The maximum absolute atomic E-state index is 6.17. The second-order valence-electron chi connectivity index (χ2n) is 5.93. The van der Waals surface area contributed by atoms with Gasteiger partial charge in [0.1, 0.15) is 0 Å². The quantitative estimate of drug-likeness (QED) is 0.449. The van der Waals surface area contributed by atoms with E-state index in [1.54, 1.807) is 0 Å². The first-order chi connectivity index (χ1) is 12.5. The van der Waals surface area contributed by atoms with E-state index in [0.29, 0.717) is 10.1 Å². The highest BCUT2D eigenvalue weighted by molar-refractivity contribution is 9.10. The van der Waals surface area contributed by atoms with Crippen molar-refractivity contribution in [2.45, 2.75) is 13.0 Å². The van der Waals surface area contributed by atoms with Gasteiger partial charge in [-0.3, -0.25) is 0 Å². The minimum Gasteiger partial charge on any atom is -0.352 e. The Morgan fingerprint density at radius 2 is 1.69 bits per heavy atom. The Hall–Kier alpha value is -1.88. The van der Waals surface area contributed by atoms with Gasteiger partial charge in [0.2, 0.25) is 0 Å². The van der Waals surface area contributed by atoms with Crippen molar-refractivity contribution >= 4 is 50.5 Å². The first kappa shape index (κ1) is 18.9. The van der Waals surface area contributed by atoms with Crippen LogP contribution in [0.1, 0.15) is 22.7 Å². The van der Waals surface area contributed by atoms with Crippen molar-refractivity contribution in [2.75, 3.05) is 5.32 Å². The predicted octanol–water partition coefficient (Wildman–Crippen LogP) is 6.49. The van der Waals surface area contributed by atoms with Crippen molar-refractivity contribution in [3.8, 4) is 0 Å². The van der Waals surface area contributed by atoms with Crippen LogP contribution in [0.15, 0.2) is 77.3 Å². The highest BCUT2D eigenvalue weighted by Crippen LogP contribution is 2.27. The number of hydrogen-bond donors (Lipinski definition) is 2. The molecule has 0 amide bonds. The van der Waals surface area contributed by atoms with Crippen LogP contribution in [0.2, 0.25) is 5.02 Å². The zero-order chi connectivity index (χ0) is 18.5. The second kappa shape index (κ2) is 8.67. The van der Waals surface area contributed by atoms with Gasteiger partial charge >= 0.3 is 0 Å². The van der Waals surface area contributed by atoms with Crippen LogP contribution < -0.4 is 10.6 Å². The molecule has 3 rings (SSSR count). The van der Waals surface area contributed by atoms with Crippen LogP contribution in [0.4, 0.5) is 5.69 Å². The van der Waals surface area contributed by atoms with E-state index in [9.17, 15) is 0 Å². The first-order valence-electron chi connectivity index (χ1n) is 8.17. The number of rotatable bonds is 4. The maximum atomic E-state index is 6.17. The lowest BCUT2D eigenvalue weighted by Crippen LogP contribution is -2.33. The number of hydrogen-bond acceptors (Lipinski definition) is 1. The van der Waals surface area contributed by atoms with Crippen LogP contribution in [0.3, 0.4) is 0 Å². The second-order valence-corrected chi connectivity index (χ2v) is 7.60. The molecule has 3 aromatic rings. The molecule has 1 atom stereocenters. The largest absolute Gasteiger partial charge is 0.352 e. The minimum absolute atomic E-state index is 0.0386. The van der Waals surface area contributed by atoms with E-state index in [-0.39, 0.29) is 6.04 Å².